The molecule has 3 rings (SSSR count). The van der Waals surface area contributed by atoms with Gasteiger partial charge in [0.2, 0.25) is 5.95 Å². The molecule has 0 aliphatic heterocycles. The number of rotatable bonds is 4. The Balaban J connectivity index is 1.72. The fourth-order valence-corrected chi connectivity index (χ4v) is 2.69. The number of hydrogen-bond acceptors (Lipinski definition) is 4. The molecule has 3 aromatic rings. The van der Waals surface area contributed by atoms with Crippen LogP contribution < -0.4 is 10.6 Å². The lowest BCUT2D eigenvalue weighted by Gasteiger charge is -2.09. The average molecular weight is 394 g/mol. The Hall–Kier alpha value is -2.34. The van der Waals surface area contributed by atoms with Gasteiger partial charge in [0.15, 0.2) is 0 Å². The molecule has 5 nitrogen and oxygen atoms in total. The summed E-state index contributed by atoms with van der Waals surface area (Å²) >= 11 is 18.0. The number of carbonyl (C=O) groups is 1. The molecule has 0 aliphatic carbocycles. The summed E-state index contributed by atoms with van der Waals surface area (Å²) in [6, 6.07) is 12.1. The fourth-order valence-electron chi connectivity index (χ4n) is 2.01. The van der Waals surface area contributed by atoms with Crippen LogP contribution in [-0.2, 0) is 0 Å². The molecule has 0 saturated carbocycles. The molecule has 1 heterocycles. The number of amides is 1. The van der Waals surface area contributed by atoms with Crippen LogP contribution in [0.25, 0.3) is 0 Å². The van der Waals surface area contributed by atoms with Crippen molar-refractivity contribution in [2.45, 2.75) is 0 Å². The van der Waals surface area contributed by atoms with E-state index in [0.717, 1.165) is 5.69 Å². The maximum absolute atomic E-state index is 12.3. The second kappa shape index (κ2) is 7.70. The van der Waals surface area contributed by atoms with E-state index in [-0.39, 0.29) is 5.56 Å². The second-order valence-electron chi connectivity index (χ2n) is 4.98. The first-order valence-electron chi connectivity index (χ1n) is 7.13. The predicted molar refractivity (Wildman–Crippen MR) is 101 cm³/mol. The summed E-state index contributed by atoms with van der Waals surface area (Å²) in [4.78, 5) is 20.5. The van der Waals surface area contributed by atoms with E-state index < -0.39 is 5.91 Å². The van der Waals surface area contributed by atoms with E-state index in [1.807, 2.05) is 6.07 Å². The number of nitrogens with one attached hydrogen (secondary N) is 2. The van der Waals surface area contributed by atoms with Gasteiger partial charge in [-0.15, -0.1) is 0 Å². The minimum absolute atomic E-state index is 0.271. The standard InChI is InChI=1S/C17H11Cl3N4O/c18-11-3-1-4-12(7-11)23-17-21-8-10(9-22-17)16(25)24-15-13(19)5-2-6-14(15)20/h1-9H,(H,24,25)(H,21,22,23). The van der Waals surface area contributed by atoms with E-state index in [1.165, 1.54) is 12.4 Å². The molecule has 0 unspecified atom stereocenters. The number of anilines is 3. The summed E-state index contributed by atoms with van der Waals surface area (Å²) in [5, 5.41) is 6.94. The zero-order chi connectivity index (χ0) is 17.8. The molecule has 8 heteroatoms. The van der Waals surface area contributed by atoms with Crippen LogP contribution in [-0.4, -0.2) is 15.9 Å². The monoisotopic (exact) mass is 392 g/mol. The molecule has 0 atom stereocenters. The Labute approximate surface area is 159 Å². The average Bonchev–Trinajstić information content (AvgIpc) is 2.59. The van der Waals surface area contributed by atoms with E-state index in [9.17, 15) is 4.79 Å². The largest absolute Gasteiger partial charge is 0.324 e. The maximum Gasteiger partial charge on any atom is 0.258 e. The first kappa shape index (κ1) is 17.5. The highest BCUT2D eigenvalue weighted by atomic mass is 35.5. The van der Waals surface area contributed by atoms with Gasteiger partial charge >= 0.3 is 0 Å². The smallest absolute Gasteiger partial charge is 0.258 e. The van der Waals surface area contributed by atoms with Crippen LogP contribution in [0.4, 0.5) is 17.3 Å². The van der Waals surface area contributed by atoms with Gasteiger partial charge in [-0.1, -0.05) is 46.9 Å². The zero-order valence-electron chi connectivity index (χ0n) is 12.6. The van der Waals surface area contributed by atoms with E-state index >= 15 is 0 Å². The number of aromatic nitrogens is 2. The number of hydrogen-bond donors (Lipinski definition) is 2. The minimum Gasteiger partial charge on any atom is -0.324 e. The van der Waals surface area contributed by atoms with Crippen LogP contribution in [0, 0.1) is 0 Å². The lowest BCUT2D eigenvalue weighted by Crippen LogP contribution is -2.13. The molecule has 0 spiro atoms. The Morgan fingerprint density at radius 1 is 0.920 bits per heavy atom. The molecule has 0 bridgehead atoms. The lowest BCUT2D eigenvalue weighted by molar-refractivity contribution is 0.102. The van der Waals surface area contributed by atoms with Gasteiger partial charge in [-0.05, 0) is 30.3 Å². The third-order valence-electron chi connectivity index (χ3n) is 3.20. The van der Waals surface area contributed by atoms with E-state index in [0.29, 0.717) is 26.7 Å². The van der Waals surface area contributed by atoms with Gasteiger partial charge in [0.05, 0.1) is 21.3 Å². The molecular weight excluding hydrogens is 383 g/mol. The van der Waals surface area contributed by atoms with Gasteiger partial charge in [-0.3, -0.25) is 4.79 Å². The molecule has 2 N–H and O–H groups in total. The molecule has 2 aromatic carbocycles. The van der Waals surface area contributed by atoms with Crippen molar-refractivity contribution in [3.8, 4) is 0 Å². The fraction of sp³-hybridized carbons (Fsp3) is 0. The van der Waals surface area contributed by atoms with Gasteiger partial charge in [0, 0.05) is 23.1 Å². The van der Waals surface area contributed by atoms with E-state index in [2.05, 4.69) is 20.6 Å². The lowest BCUT2D eigenvalue weighted by atomic mass is 10.2. The molecule has 0 saturated heterocycles. The summed E-state index contributed by atoms with van der Waals surface area (Å²) in [5.74, 6) is -0.0705. The quantitative estimate of drug-likeness (QED) is 0.620. The highest BCUT2D eigenvalue weighted by Crippen LogP contribution is 2.30. The molecular formula is C17H11Cl3N4O. The number of benzene rings is 2. The van der Waals surface area contributed by atoms with Gasteiger partial charge in [-0.25, -0.2) is 9.97 Å². The van der Waals surface area contributed by atoms with Crippen molar-refractivity contribution in [3.63, 3.8) is 0 Å². The third kappa shape index (κ3) is 4.39. The summed E-state index contributed by atoms with van der Waals surface area (Å²) < 4.78 is 0. The van der Waals surface area contributed by atoms with Crippen molar-refractivity contribution in [1.82, 2.24) is 9.97 Å². The van der Waals surface area contributed by atoms with Crippen LogP contribution >= 0.6 is 34.8 Å². The second-order valence-corrected chi connectivity index (χ2v) is 6.23. The summed E-state index contributed by atoms with van der Waals surface area (Å²) in [6.45, 7) is 0. The molecule has 0 radical (unpaired) electrons. The SMILES string of the molecule is O=C(Nc1c(Cl)cccc1Cl)c1cnc(Nc2cccc(Cl)c2)nc1. The Morgan fingerprint density at radius 2 is 1.56 bits per heavy atom. The van der Waals surface area contributed by atoms with Gasteiger partial charge in [-0.2, -0.15) is 0 Å². The summed E-state index contributed by atoms with van der Waals surface area (Å²) in [5.41, 5.74) is 1.36. The molecule has 0 fully saturated rings. The molecule has 0 aliphatic rings. The first-order chi connectivity index (χ1) is 12.0. The Morgan fingerprint density at radius 3 is 2.20 bits per heavy atom. The van der Waals surface area contributed by atoms with E-state index in [4.69, 9.17) is 34.8 Å². The Kier molecular flexibility index (Phi) is 5.38. The van der Waals surface area contributed by atoms with Gasteiger partial charge < -0.3 is 10.6 Å². The van der Waals surface area contributed by atoms with Crippen molar-refractivity contribution in [3.05, 3.63) is 75.5 Å². The van der Waals surface area contributed by atoms with Crippen LogP contribution in [0.3, 0.4) is 0 Å². The first-order valence-corrected chi connectivity index (χ1v) is 8.26. The molecule has 126 valence electrons. The van der Waals surface area contributed by atoms with Gasteiger partial charge in [0.25, 0.3) is 5.91 Å². The van der Waals surface area contributed by atoms with Crippen molar-refractivity contribution in [1.29, 1.82) is 0 Å². The minimum atomic E-state index is -0.413. The Bertz CT molecular complexity index is 896. The van der Waals surface area contributed by atoms with Crippen LogP contribution in [0.2, 0.25) is 15.1 Å². The zero-order valence-corrected chi connectivity index (χ0v) is 14.9. The normalized spacial score (nSPS) is 10.4. The van der Waals surface area contributed by atoms with Crippen LogP contribution in [0.5, 0.6) is 0 Å². The van der Waals surface area contributed by atoms with Crippen LogP contribution in [0.15, 0.2) is 54.9 Å². The summed E-state index contributed by atoms with van der Waals surface area (Å²) in [6.07, 6.45) is 2.81. The number of nitrogens with zero attached hydrogens (tertiary/aromatic N) is 2. The van der Waals surface area contributed by atoms with Crippen molar-refractivity contribution >= 4 is 58.0 Å². The predicted octanol–water partition coefficient (Wildman–Crippen LogP) is 5.43. The molecule has 25 heavy (non-hydrogen) atoms. The topological polar surface area (TPSA) is 66.9 Å². The number of carbonyl (C=O) groups excluding carboxylic acids is 1. The number of para-hydroxylation sites is 1. The van der Waals surface area contributed by atoms with Crippen molar-refractivity contribution < 1.29 is 4.79 Å². The highest BCUT2D eigenvalue weighted by molar-refractivity contribution is 6.40. The molecule has 1 aromatic heterocycles. The van der Waals surface area contributed by atoms with E-state index in [1.54, 1.807) is 36.4 Å². The van der Waals surface area contributed by atoms with Crippen molar-refractivity contribution in [2.24, 2.45) is 0 Å². The van der Waals surface area contributed by atoms with Crippen molar-refractivity contribution in [2.75, 3.05) is 10.6 Å². The third-order valence-corrected chi connectivity index (χ3v) is 4.06. The number of halogens is 3. The highest BCUT2D eigenvalue weighted by Gasteiger charge is 2.12. The summed E-state index contributed by atoms with van der Waals surface area (Å²) in [7, 11) is 0. The van der Waals surface area contributed by atoms with Crippen LogP contribution in [0.1, 0.15) is 10.4 Å². The maximum atomic E-state index is 12.3. The molecule has 1 amide bonds. The van der Waals surface area contributed by atoms with Gasteiger partial charge in [0.1, 0.15) is 0 Å².